The van der Waals surface area contributed by atoms with E-state index in [0.717, 1.165) is 35.8 Å². The summed E-state index contributed by atoms with van der Waals surface area (Å²) >= 11 is 0. The highest BCUT2D eigenvalue weighted by atomic mass is 16.5. The maximum Gasteiger partial charge on any atom is 0.131 e. The van der Waals surface area contributed by atoms with Crippen molar-refractivity contribution in [2.75, 3.05) is 0 Å². The quantitative estimate of drug-likeness (QED) is 0.166. The molecule has 4 heteroatoms. The van der Waals surface area contributed by atoms with Gasteiger partial charge in [-0.2, -0.15) is 0 Å². The van der Waals surface area contributed by atoms with Crippen LogP contribution < -0.4 is 9.47 Å². The highest BCUT2D eigenvalue weighted by Gasteiger charge is 2.52. The fraction of sp³-hybridized carbons (Fsp3) is 0.156. The summed E-state index contributed by atoms with van der Waals surface area (Å²) in [4.78, 5) is 18.9. The number of ketones is 2. The van der Waals surface area contributed by atoms with Gasteiger partial charge in [-0.3, -0.25) is 0 Å². The molecule has 0 saturated heterocycles. The Bertz CT molecular complexity index is 2160. The van der Waals surface area contributed by atoms with E-state index in [-0.39, 0.29) is 11.6 Å². The van der Waals surface area contributed by atoms with Gasteiger partial charge >= 0.3 is 0 Å². The first kappa shape index (κ1) is 30.6. The number of para-hydroxylation sites is 2. The average Bonchev–Trinajstić information content (AvgIpc) is 3.53. The van der Waals surface area contributed by atoms with Gasteiger partial charge in [0.25, 0.3) is 0 Å². The van der Waals surface area contributed by atoms with Crippen LogP contribution in [0.1, 0.15) is 72.2 Å². The van der Waals surface area contributed by atoms with E-state index in [1.807, 2.05) is 0 Å². The van der Waals surface area contributed by atoms with Crippen molar-refractivity contribution in [3.05, 3.63) is 166 Å². The predicted molar refractivity (Wildman–Crippen MR) is 194 cm³/mol. The Morgan fingerprint density at radius 1 is 0.429 bits per heavy atom. The molecule has 6 aromatic carbocycles. The Hall–Kier alpha value is -5.74. The molecule has 0 unspecified atom stereocenters. The van der Waals surface area contributed by atoms with Crippen LogP contribution in [-0.4, -0.2) is 11.6 Å². The second-order valence-corrected chi connectivity index (χ2v) is 13.4. The molecule has 0 aromatic heterocycles. The Balaban J connectivity index is 0.000000397. The van der Waals surface area contributed by atoms with Crippen molar-refractivity contribution in [2.45, 2.75) is 46.0 Å². The van der Waals surface area contributed by atoms with Crippen LogP contribution in [0, 0.1) is 0 Å². The Morgan fingerprint density at radius 3 is 1.22 bits per heavy atom. The third-order valence-corrected chi connectivity index (χ3v) is 9.60. The Kier molecular flexibility index (Phi) is 7.33. The zero-order chi connectivity index (χ0) is 33.9. The lowest BCUT2D eigenvalue weighted by molar-refractivity contribution is -0.115. The van der Waals surface area contributed by atoms with Gasteiger partial charge in [-0.1, -0.05) is 84.9 Å². The Labute approximate surface area is 287 Å². The van der Waals surface area contributed by atoms with Crippen LogP contribution in [0.4, 0.5) is 0 Å². The fourth-order valence-corrected chi connectivity index (χ4v) is 7.89. The molecule has 240 valence electrons. The average molecular weight is 641 g/mol. The topological polar surface area (TPSA) is 52.6 Å². The summed E-state index contributed by atoms with van der Waals surface area (Å²) in [6.07, 6.45) is 1.75. The molecule has 0 radical (unpaired) electrons. The highest BCUT2D eigenvalue weighted by molar-refractivity contribution is 5.96. The number of fused-ring (bicyclic) bond motifs is 14. The molecule has 2 heterocycles. The number of ether oxygens (including phenoxy) is 2. The molecule has 2 aliphatic carbocycles. The molecule has 0 fully saturated rings. The van der Waals surface area contributed by atoms with Crippen LogP contribution in [0.15, 0.2) is 121 Å². The van der Waals surface area contributed by atoms with Crippen LogP contribution >= 0.6 is 0 Å². The lowest BCUT2D eigenvalue weighted by Gasteiger charge is -2.32. The molecule has 0 atom stereocenters. The molecule has 0 amide bonds. The van der Waals surface area contributed by atoms with Gasteiger partial charge in [0.2, 0.25) is 0 Å². The molecule has 2 aliphatic heterocycles. The maximum atomic E-state index is 9.44. The van der Waals surface area contributed by atoms with Gasteiger partial charge in [-0.05, 0) is 131 Å². The van der Waals surface area contributed by atoms with Crippen molar-refractivity contribution in [1.82, 2.24) is 0 Å². The molecule has 10 rings (SSSR count). The van der Waals surface area contributed by atoms with Gasteiger partial charge in [0, 0.05) is 12.8 Å². The Morgan fingerprint density at radius 2 is 0.796 bits per heavy atom. The van der Waals surface area contributed by atoms with Crippen LogP contribution in [0.5, 0.6) is 23.0 Å². The van der Waals surface area contributed by atoms with E-state index in [0.29, 0.717) is 0 Å². The fourth-order valence-electron chi connectivity index (χ4n) is 7.89. The SMILES string of the molecule is CC(C)=O.CC(C)=O.c1ccc2c(c1)Cc1cc3c(cc1O2)C1(c2ccccc2-3)c2ccccc2-c2cc3c(cc21)Oc1ccccc1C3. The molecule has 0 bridgehead atoms. The van der Waals surface area contributed by atoms with Crippen LogP contribution in [0.25, 0.3) is 22.3 Å². The monoisotopic (exact) mass is 640 g/mol. The first-order valence-corrected chi connectivity index (χ1v) is 16.8. The van der Waals surface area contributed by atoms with E-state index in [2.05, 4.69) is 121 Å². The van der Waals surface area contributed by atoms with Gasteiger partial charge in [0.1, 0.15) is 34.6 Å². The zero-order valence-corrected chi connectivity index (χ0v) is 28.1. The third-order valence-electron chi connectivity index (χ3n) is 9.60. The molecular formula is C45H36O4. The number of hydrogen-bond donors (Lipinski definition) is 0. The second kappa shape index (κ2) is 11.7. The lowest BCUT2D eigenvalue weighted by atomic mass is 9.70. The van der Waals surface area contributed by atoms with Crippen molar-refractivity contribution in [3.63, 3.8) is 0 Å². The summed E-state index contributed by atoms with van der Waals surface area (Å²) in [6.45, 7) is 6.11. The third kappa shape index (κ3) is 4.90. The van der Waals surface area contributed by atoms with Gasteiger partial charge in [0.05, 0.1) is 5.41 Å². The van der Waals surface area contributed by atoms with E-state index in [4.69, 9.17) is 9.47 Å². The summed E-state index contributed by atoms with van der Waals surface area (Å²) < 4.78 is 13.2. The van der Waals surface area contributed by atoms with Crippen molar-refractivity contribution in [3.8, 4) is 45.3 Å². The minimum atomic E-state index is -0.442. The molecular weight excluding hydrogens is 604 g/mol. The van der Waals surface area contributed by atoms with Crippen LogP contribution in [0.3, 0.4) is 0 Å². The normalized spacial score (nSPS) is 13.8. The summed E-state index contributed by atoms with van der Waals surface area (Å²) in [5, 5.41) is 0. The molecule has 4 aliphatic rings. The van der Waals surface area contributed by atoms with Gasteiger partial charge in [-0.15, -0.1) is 0 Å². The molecule has 4 nitrogen and oxygen atoms in total. The minimum absolute atomic E-state index is 0.167. The van der Waals surface area contributed by atoms with Crippen molar-refractivity contribution >= 4 is 11.6 Å². The molecule has 0 N–H and O–H groups in total. The first-order valence-electron chi connectivity index (χ1n) is 16.8. The minimum Gasteiger partial charge on any atom is -0.457 e. The summed E-state index contributed by atoms with van der Waals surface area (Å²) in [5.74, 6) is 4.17. The standard InChI is InChI=1S/C39H24O2.2C3H6O/c1-7-15-35-23(9-1)17-25-19-29-27-11-3-5-13-31(27)39(33(29)21-37(25)40-35)32-14-6-4-12-28(32)30-20-26-18-24-10-2-8-16-36(24)41-38(26)22-34(30)39;2*1-3(2)4/h1-16,19-22H,17-18H2;2*1-2H3. The zero-order valence-electron chi connectivity index (χ0n) is 28.1. The van der Waals surface area contributed by atoms with E-state index < -0.39 is 5.41 Å². The summed E-state index contributed by atoms with van der Waals surface area (Å²) in [7, 11) is 0. The van der Waals surface area contributed by atoms with Crippen LogP contribution in [-0.2, 0) is 27.8 Å². The predicted octanol–water partition coefficient (Wildman–Crippen LogP) is 10.6. The number of benzene rings is 6. The van der Waals surface area contributed by atoms with E-state index in [9.17, 15) is 9.59 Å². The first-order chi connectivity index (χ1) is 23.8. The van der Waals surface area contributed by atoms with Crippen LogP contribution in [0.2, 0.25) is 0 Å². The molecule has 1 spiro atoms. The molecule has 49 heavy (non-hydrogen) atoms. The van der Waals surface area contributed by atoms with E-state index >= 15 is 0 Å². The lowest BCUT2D eigenvalue weighted by Crippen LogP contribution is -2.26. The number of rotatable bonds is 0. The largest absolute Gasteiger partial charge is 0.457 e. The van der Waals surface area contributed by atoms with Gasteiger partial charge in [-0.25, -0.2) is 0 Å². The van der Waals surface area contributed by atoms with E-state index in [1.165, 1.54) is 94.5 Å². The summed E-state index contributed by atoms with van der Waals surface area (Å²) in [5.41, 5.74) is 15.0. The maximum absolute atomic E-state index is 9.44. The van der Waals surface area contributed by atoms with Crippen molar-refractivity contribution in [2.24, 2.45) is 0 Å². The molecule has 6 aromatic rings. The second-order valence-electron chi connectivity index (χ2n) is 13.4. The van der Waals surface area contributed by atoms with Gasteiger partial charge in [0.15, 0.2) is 0 Å². The number of carbonyl (C=O) groups is 2. The van der Waals surface area contributed by atoms with Crippen molar-refractivity contribution in [1.29, 1.82) is 0 Å². The smallest absolute Gasteiger partial charge is 0.131 e. The number of hydrogen-bond acceptors (Lipinski definition) is 4. The van der Waals surface area contributed by atoms with Crippen molar-refractivity contribution < 1.29 is 19.1 Å². The van der Waals surface area contributed by atoms with E-state index in [1.54, 1.807) is 0 Å². The summed E-state index contributed by atoms with van der Waals surface area (Å²) in [6, 6.07) is 44.2. The number of carbonyl (C=O) groups excluding carboxylic acids is 2. The van der Waals surface area contributed by atoms with Gasteiger partial charge < -0.3 is 19.1 Å². The molecule has 0 saturated carbocycles. The number of Topliss-reactive ketones (excluding diaryl/α,β-unsaturated/α-hetero) is 2. The highest BCUT2D eigenvalue weighted by Crippen LogP contribution is 2.64.